The quantitative estimate of drug-likeness (QED) is 0.877. The van der Waals surface area contributed by atoms with E-state index >= 15 is 0 Å². The largest absolute Gasteiger partial charge is 0.347 e. The van der Waals surface area contributed by atoms with Gasteiger partial charge in [-0.1, -0.05) is 25.7 Å². The topological polar surface area (TPSA) is 80.1 Å². The minimum absolute atomic E-state index is 0.0392. The van der Waals surface area contributed by atoms with Crippen LogP contribution in [0.25, 0.3) is 0 Å². The molecular formula is C20H31N5O2. The number of aromatic nitrogens is 3. The highest BCUT2D eigenvalue weighted by Gasteiger charge is 2.37. The van der Waals surface area contributed by atoms with E-state index in [0.29, 0.717) is 13.1 Å². The van der Waals surface area contributed by atoms with Crippen LogP contribution >= 0.6 is 0 Å². The maximum absolute atomic E-state index is 12.9. The molecule has 2 aliphatic heterocycles. The van der Waals surface area contributed by atoms with Crippen molar-refractivity contribution in [1.82, 2.24) is 25.0 Å². The van der Waals surface area contributed by atoms with E-state index in [1.54, 1.807) is 0 Å². The summed E-state index contributed by atoms with van der Waals surface area (Å²) in [6, 6.07) is -0.314. The van der Waals surface area contributed by atoms with Crippen molar-refractivity contribution < 1.29 is 9.59 Å². The van der Waals surface area contributed by atoms with Crippen molar-refractivity contribution in [3.05, 3.63) is 11.6 Å². The number of likely N-dealkylation sites (tertiary alicyclic amines) is 1. The summed E-state index contributed by atoms with van der Waals surface area (Å²) in [7, 11) is 0. The van der Waals surface area contributed by atoms with Gasteiger partial charge in [-0.25, -0.2) is 0 Å². The van der Waals surface area contributed by atoms with Gasteiger partial charge in [0, 0.05) is 25.4 Å². The zero-order chi connectivity index (χ0) is 18.6. The van der Waals surface area contributed by atoms with E-state index in [0.717, 1.165) is 76.0 Å². The molecule has 3 aliphatic rings. The number of fused-ring (bicyclic) bond motifs is 1. The van der Waals surface area contributed by atoms with Gasteiger partial charge in [-0.15, -0.1) is 10.2 Å². The molecule has 2 fully saturated rings. The molecule has 27 heavy (non-hydrogen) atoms. The molecule has 1 aromatic rings. The van der Waals surface area contributed by atoms with Crippen molar-refractivity contribution in [1.29, 1.82) is 0 Å². The van der Waals surface area contributed by atoms with Crippen molar-refractivity contribution in [2.45, 2.75) is 89.8 Å². The molecule has 7 nitrogen and oxygen atoms in total. The van der Waals surface area contributed by atoms with Gasteiger partial charge in [0.2, 0.25) is 11.8 Å². The van der Waals surface area contributed by atoms with Gasteiger partial charge >= 0.3 is 0 Å². The number of carbonyl (C=O) groups excluding carboxylic acids is 2. The molecule has 1 aromatic heterocycles. The van der Waals surface area contributed by atoms with Gasteiger partial charge in [0.25, 0.3) is 0 Å². The lowest BCUT2D eigenvalue weighted by atomic mass is 9.88. The number of rotatable bonds is 4. The molecule has 1 atom stereocenters. The van der Waals surface area contributed by atoms with E-state index in [-0.39, 0.29) is 23.8 Å². The predicted molar refractivity (Wildman–Crippen MR) is 101 cm³/mol. The number of amides is 2. The third-order valence-corrected chi connectivity index (χ3v) is 6.40. The molecule has 0 spiro atoms. The van der Waals surface area contributed by atoms with Gasteiger partial charge in [0.15, 0.2) is 5.82 Å². The Morgan fingerprint density at radius 2 is 1.74 bits per heavy atom. The molecular weight excluding hydrogens is 342 g/mol. The van der Waals surface area contributed by atoms with Crippen LogP contribution in [-0.2, 0) is 29.1 Å². The van der Waals surface area contributed by atoms with Gasteiger partial charge in [-0.3, -0.25) is 9.59 Å². The fourth-order valence-corrected chi connectivity index (χ4v) is 4.85. The summed E-state index contributed by atoms with van der Waals surface area (Å²) in [4.78, 5) is 27.6. The van der Waals surface area contributed by atoms with Crippen LogP contribution in [-0.4, -0.2) is 44.1 Å². The molecule has 0 aromatic carbocycles. The maximum Gasteiger partial charge on any atom is 0.243 e. The average molecular weight is 374 g/mol. The van der Waals surface area contributed by atoms with Crippen LogP contribution in [0.3, 0.4) is 0 Å². The van der Waals surface area contributed by atoms with Crippen molar-refractivity contribution in [3.63, 3.8) is 0 Å². The Kier molecular flexibility index (Phi) is 5.74. The highest BCUT2D eigenvalue weighted by molar-refractivity contribution is 5.89. The number of carbonyl (C=O) groups is 2. The second-order valence-electron chi connectivity index (χ2n) is 8.24. The number of aryl methyl sites for hydroxylation is 1. The molecule has 2 amide bonds. The summed E-state index contributed by atoms with van der Waals surface area (Å²) >= 11 is 0. The lowest BCUT2D eigenvalue weighted by Gasteiger charge is -2.30. The molecule has 148 valence electrons. The first-order valence-corrected chi connectivity index (χ1v) is 10.7. The van der Waals surface area contributed by atoms with E-state index in [9.17, 15) is 9.59 Å². The molecule has 7 heteroatoms. The third kappa shape index (κ3) is 4.01. The molecule has 1 aliphatic carbocycles. The summed E-state index contributed by atoms with van der Waals surface area (Å²) in [5.74, 6) is 2.15. The first-order chi connectivity index (χ1) is 13.2. The minimum Gasteiger partial charge on any atom is -0.347 e. The molecule has 0 unspecified atom stereocenters. The lowest BCUT2D eigenvalue weighted by molar-refractivity contribution is -0.142. The number of hydrogen-bond donors (Lipinski definition) is 1. The Labute approximate surface area is 160 Å². The molecule has 3 heterocycles. The van der Waals surface area contributed by atoms with Crippen LogP contribution in [0.15, 0.2) is 0 Å². The van der Waals surface area contributed by atoms with E-state index < -0.39 is 0 Å². The minimum atomic E-state index is -0.314. The Morgan fingerprint density at radius 1 is 0.926 bits per heavy atom. The number of nitrogens with zero attached hydrogens (tertiary/aromatic N) is 4. The molecule has 1 N–H and O–H groups in total. The Bertz CT molecular complexity index is 680. The highest BCUT2D eigenvalue weighted by Crippen LogP contribution is 2.29. The van der Waals surface area contributed by atoms with Crippen molar-refractivity contribution >= 4 is 11.8 Å². The summed E-state index contributed by atoms with van der Waals surface area (Å²) in [6.07, 6.45) is 11.6. The third-order valence-electron chi connectivity index (χ3n) is 6.40. The number of nitrogens with one attached hydrogen (secondary N) is 1. The Balaban J connectivity index is 1.36. The summed E-state index contributed by atoms with van der Waals surface area (Å²) in [5, 5.41) is 11.6. The second kappa shape index (κ2) is 8.40. The first-order valence-electron chi connectivity index (χ1n) is 10.7. The fraction of sp³-hybridized carbons (Fsp3) is 0.800. The molecule has 0 radical (unpaired) electrons. The van der Waals surface area contributed by atoms with Crippen LogP contribution in [0.1, 0.15) is 75.9 Å². The van der Waals surface area contributed by atoms with E-state index in [2.05, 4.69) is 20.1 Å². The fourth-order valence-electron chi connectivity index (χ4n) is 4.85. The normalized spacial score (nSPS) is 23.7. The summed E-state index contributed by atoms with van der Waals surface area (Å²) in [5.41, 5.74) is 0. The smallest absolute Gasteiger partial charge is 0.243 e. The van der Waals surface area contributed by atoms with Crippen LogP contribution in [0.2, 0.25) is 0 Å². The van der Waals surface area contributed by atoms with Crippen molar-refractivity contribution in [2.75, 3.05) is 6.54 Å². The molecule has 1 saturated heterocycles. The van der Waals surface area contributed by atoms with Crippen molar-refractivity contribution in [3.8, 4) is 0 Å². The van der Waals surface area contributed by atoms with Gasteiger partial charge in [-0.2, -0.15) is 0 Å². The second-order valence-corrected chi connectivity index (χ2v) is 8.24. The van der Waals surface area contributed by atoms with Crippen LogP contribution in [0.4, 0.5) is 0 Å². The first kappa shape index (κ1) is 18.4. The molecule has 4 rings (SSSR count). The SMILES string of the molecule is O=C(NCc1nnc2n1CCCCC2)[C@H]1CCCN1C(=O)C1CCCCC1. The molecule has 0 bridgehead atoms. The van der Waals surface area contributed by atoms with E-state index in [4.69, 9.17) is 0 Å². The van der Waals surface area contributed by atoms with E-state index in [1.165, 1.54) is 12.8 Å². The van der Waals surface area contributed by atoms with Gasteiger partial charge < -0.3 is 14.8 Å². The standard InChI is InChI=1S/C20H31N5O2/c26-19(21-14-18-23-22-17-11-5-2-6-12-25(17)18)16-10-7-13-24(16)20(27)15-8-3-1-4-9-15/h15-16H,1-14H2,(H,21,26)/t16-/m1/s1. The van der Waals surface area contributed by atoms with Gasteiger partial charge in [0.05, 0.1) is 6.54 Å². The van der Waals surface area contributed by atoms with Gasteiger partial charge in [-0.05, 0) is 38.5 Å². The number of hydrogen-bond acceptors (Lipinski definition) is 4. The van der Waals surface area contributed by atoms with Gasteiger partial charge in [0.1, 0.15) is 11.9 Å². The van der Waals surface area contributed by atoms with Crippen LogP contribution in [0, 0.1) is 5.92 Å². The maximum atomic E-state index is 12.9. The summed E-state index contributed by atoms with van der Waals surface area (Å²) < 4.78 is 2.16. The monoisotopic (exact) mass is 373 g/mol. The zero-order valence-corrected chi connectivity index (χ0v) is 16.2. The summed E-state index contributed by atoms with van der Waals surface area (Å²) in [6.45, 7) is 2.05. The predicted octanol–water partition coefficient (Wildman–Crippen LogP) is 2.19. The average Bonchev–Trinajstić information content (AvgIpc) is 3.27. The Hall–Kier alpha value is -1.92. The molecule has 1 saturated carbocycles. The van der Waals surface area contributed by atoms with Crippen LogP contribution in [0.5, 0.6) is 0 Å². The van der Waals surface area contributed by atoms with E-state index in [1.807, 2.05) is 4.90 Å². The highest BCUT2D eigenvalue weighted by atomic mass is 16.2. The lowest BCUT2D eigenvalue weighted by Crippen LogP contribution is -2.48. The van der Waals surface area contributed by atoms with Crippen molar-refractivity contribution in [2.24, 2.45) is 5.92 Å². The Morgan fingerprint density at radius 3 is 2.59 bits per heavy atom. The van der Waals surface area contributed by atoms with Crippen LogP contribution < -0.4 is 5.32 Å². The zero-order valence-electron chi connectivity index (χ0n) is 16.2.